The van der Waals surface area contributed by atoms with Gasteiger partial charge in [-0.15, -0.1) is 0 Å². The van der Waals surface area contributed by atoms with Crippen LogP contribution in [0.15, 0.2) is 65.8 Å². The topological polar surface area (TPSA) is 260 Å². The minimum atomic E-state index is -1.20. The first-order valence-corrected chi connectivity index (χ1v) is 22.7. The molecule has 0 aliphatic heterocycles. The highest BCUT2D eigenvalue weighted by Gasteiger charge is 2.49. The Labute approximate surface area is 370 Å². The number of amides is 6. The first kappa shape index (κ1) is 48.1. The minimum Gasteiger partial charge on any atom is -0.370 e. The fourth-order valence-electron chi connectivity index (χ4n) is 9.34. The van der Waals surface area contributed by atoms with Crippen LogP contribution in [0.3, 0.4) is 0 Å². The van der Waals surface area contributed by atoms with E-state index in [1.807, 2.05) is 61.5 Å². The quantitative estimate of drug-likeness (QED) is 0.0422. The van der Waals surface area contributed by atoms with E-state index in [4.69, 9.17) is 17.2 Å². The fraction of sp³-hybridized carbons (Fsp3) is 0.553. The van der Waals surface area contributed by atoms with E-state index in [2.05, 4.69) is 31.2 Å². The van der Waals surface area contributed by atoms with Crippen molar-refractivity contribution in [2.75, 3.05) is 20.1 Å². The molecule has 0 spiro atoms. The molecule has 16 nitrogen and oxygen atoms in total. The maximum atomic E-state index is 14.9. The third kappa shape index (κ3) is 13.5. The second-order valence-corrected chi connectivity index (χ2v) is 17.4. The summed E-state index contributed by atoms with van der Waals surface area (Å²) in [5.74, 6) is -2.23. The van der Waals surface area contributed by atoms with Crippen LogP contribution in [0.2, 0.25) is 0 Å². The van der Waals surface area contributed by atoms with Crippen molar-refractivity contribution in [3.05, 3.63) is 71.9 Å². The maximum Gasteiger partial charge on any atom is 0.246 e. The van der Waals surface area contributed by atoms with Gasteiger partial charge in [0.05, 0.1) is 6.54 Å². The van der Waals surface area contributed by atoms with Crippen LogP contribution in [-0.2, 0) is 41.6 Å². The predicted molar refractivity (Wildman–Crippen MR) is 244 cm³/mol. The Morgan fingerprint density at radius 1 is 0.778 bits per heavy atom. The number of unbranched alkanes of at least 4 members (excludes halogenated alkanes) is 1. The molecule has 3 atom stereocenters. The number of carbonyl (C=O) groups is 6. The molecule has 1 aromatic heterocycles. The Hall–Kier alpha value is -5.93. The van der Waals surface area contributed by atoms with Crippen molar-refractivity contribution in [3.63, 3.8) is 0 Å². The average Bonchev–Trinajstić information content (AvgIpc) is 3.70. The van der Waals surface area contributed by atoms with Crippen molar-refractivity contribution in [2.24, 2.45) is 34.0 Å². The van der Waals surface area contributed by atoms with Crippen LogP contribution < -0.4 is 38.5 Å². The first-order valence-electron chi connectivity index (χ1n) is 22.7. The van der Waals surface area contributed by atoms with Crippen molar-refractivity contribution in [1.29, 1.82) is 0 Å². The molecule has 2 aliphatic rings. The summed E-state index contributed by atoms with van der Waals surface area (Å²) in [5.41, 5.74) is 17.7. The van der Waals surface area contributed by atoms with Crippen molar-refractivity contribution in [2.45, 2.75) is 133 Å². The van der Waals surface area contributed by atoms with Crippen molar-refractivity contribution >= 4 is 52.3 Å². The zero-order chi connectivity index (χ0) is 45.4. The van der Waals surface area contributed by atoms with Crippen LogP contribution >= 0.6 is 0 Å². The summed E-state index contributed by atoms with van der Waals surface area (Å²) in [4.78, 5) is 91.7. The van der Waals surface area contributed by atoms with E-state index in [0.717, 1.165) is 41.3 Å². The Morgan fingerprint density at radius 2 is 1.41 bits per heavy atom. The van der Waals surface area contributed by atoms with Gasteiger partial charge in [0.15, 0.2) is 5.96 Å². The highest BCUT2D eigenvalue weighted by molar-refractivity contribution is 5.97. The molecule has 3 aromatic rings. The Morgan fingerprint density at radius 3 is 2.10 bits per heavy atom. The highest BCUT2D eigenvalue weighted by atomic mass is 16.2. The SMILES string of the molecule is CCCCC(=O)N(C)C1(C(=O)N[C@H](Cc2ccccc2)C(=O)N[C@@H](CCCN=C(N)N)C(=O)N[C@@H](Cc2c[nH]c3ccccc23)C(=O)NCC(N)=O)CCC(C2CCCCC2)CC1. The van der Waals surface area contributed by atoms with Gasteiger partial charge in [-0.2, -0.15) is 0 Å². The molecule has 16 heteroatoms. The molecular formula is C47H68N10O6. The van der Waals surface area contributed by atoms with Crippen LogP contribution in [0.1, 0.15) is 108 Å². The molecular weight excluding hydrogens is 801 g/mol. The number of hydrogen-bond donors (Lipinski definition) is 8. The van der Waals surface area contributed by atoms with Crippen LogP contribution in [-0.4, -0.2) is 95.1 Å². The van der Waals surface area contributed by atoms with Gasteiger partial charge < -0.3 is 48.4 Å². The summed E-state index contributed by atoms with van der Waals surface area (Å²) >= 11 is 0. The lowest BCUT2D eigenvalue weighted by Gasteiger charge is -2.47. The molecule has 2 aromatic carbocycles. The molecule has 0 bridgehead atoms. The van der Waals surface area contributed by atoms with Gasteiger partial charge in [-0.25, -0.2) is 0 Å². The van der Waals surface area contributed by atoms with E-state index in [1.165, 1.54) is 32.1 Å². The molecule has 5 rings (SSSR count). The molecule has 0 radical (unpaired) electrons. The number of hydrogen-bond acceptors (Lipinski definition) is 7. The molecule has 342 valence electrons. The summed E-state index contributed by atoms with van der Waals surface area (Å²) in [5, 5.41) is 12.1. The van der Waals surface area contributed by atoms with E-state index in [0.29, 0.717) is 37.5 Å². The summed E-state index contributed by atoms with van der Waals surface area (Å²) < 4.78 is 0. The minimum absolute atomic E-state index is 0.0515. The molecule has 0 unspecified atom stereocenters. The number of H-pyrrole nitrogens is 1. The number of aromatic nitrogens is 1. The number of nitrogens with zero attached hydrogens (tertiary/aromatic N) is 2. The van der Waals surface area contributed by atoms with Crippen LogP contribution in [0.5, 0.6) is 0 Å². The molecule has 1 heterocycles. The van der Waals surface area contributed by atoms with Gasteiger partial charge in [0.25, 0.3) is 0 Å². The van der Waals surface area contributed by atoms with E-state index >= 15 is 0 Å². The molecule has 63 heavy (non-hydrogen) atoms. The number of carbonyl (C=O) groups excluding carboxylic acids is 6. The lowest BCUT2D eigenvalue weighted by molar-refractivity contribution is -0.150. The molecule has 2 aliphatic carbocycles. The highest BCUT2D eigenvalue weighted by Crippen LogP contribution is 2.43. The number of para-hydroxylation sites is 1. The van der Waals surface area contributed by atoms with Crippen LogP contribution in [0, 0.1) is 11.8 Å². The number of nitrogens with one attached hydrogen (secondary N) is 5. The smallest absolute Gasteiger partial charge is 0.246 e. The van der Waals surface area contributed by atoms with E-state index < -0.39 is 59.7 Å². The van der Waals surface area contributed by atoms with Gasteiger partial charge in [0.2, 0.25) is 35.4 Å². The predicted octanol–water partition coefficient (Wildman–Crippen LogP) is 3.22. The van der Waals surface area contributed by atoms with Crippen molar-refractivity contribution in [3.8, 4) is 0 Å². The number of benzene rings is 2. The summed E-state index contributed by atoms with van der Waals surface area (Å²) in [6.45, 7) is 1.74. The van der Waals surface area contributed by atoms with Gasteiger partial charge in [0.1, 0.15) is 23.7 Å². The standard InChI is InChI=1S/C47H68N10O6/c1-3-4-21-41(59)57(2)47(24-22-33(23-25-47)32-16-9-6-10-17-32)45(63)56-38(27-31-14-7-5-8-15-31)44(62)54-37(20-13-26-51-46(49)50)43(61)55-39(42(60)53-30-40(48)58)28-34-29-52-36-19-12-11-18-35(34)36/h5,7-8,11-12,14-15,18-19,29,32-33,37-39,52H,3-4,6,9-10,13,16-17,20-28,30H2,1-2H3,(H2,48,58)(H,53,60)(H,54,62)(H,55,61)(H,56,63)(H4,49,50,51)/t33?,37-,38+,39-,47?/m0/s1. The van der Waals surface area contributed by atoms with Gasteiger partial charge >= 0.3 is 0 Å². The second kappa shape index (κ2) is 23.5. The van der Waals surface area contributed by atoms with Gasteiger partial charge in [-0.05, 0) is 74.0 Å². The van der Waals surface area contributed by atoms with Crippen LogP contribution in [0.4, 0.5) is 0 Å². The normalized spacial score (nSPS) is 19.2. The number of aliphatic imine (C=N–C) groups is 1. The first-order chi connectivity index (χ1) is 30.3. The average molecular weight is 869 g/mol. The van der Waals surface area contributed by atoms with Crippen molar-refractivity contribution < 1.29 is 28.8 Å². The number of likely N-dealkylation sites (N-methyl/N-ethyl adjacent to an activating group) is 1. The molecule has 2 saturated carbocycles. The number of rotatable bonds is 22. The number of nitrogens with two attached hydrogens (primary N) is 3. The lowest BCUT2D eigenvalue weighted by Crippen LogP contribution is -2.64. The largest absolute Gasteiger partial charge is 0.370 e. The summed E-state index contributed by atoms with van der Waals surface area (Å²) in [7, 11) is 1.72. The second-order valence-electron chi connectivity index (χ2n) is 17.4. The molecule has 6 amide bonds. The summed E-state index contributed by atoms with van der Waals surface area (Å²) in [6, 6.07) is 13.3. The zero-order valence-electron chi connectivity index (χ0n) is 37.0. The maximum absolute atomic E-state index is 14.9. The number of fused-ring (bicyclic) bond motifs is 1. The Kier molecular flexibility index (Phi) is 17.9. The molecule has 0 saturated heterocycles. The van der Waals surface area contributed by atoms with Gasteiger partial charge in [0, 0.05) is 50.0 Å². The number of guanidine groups is 1. The summed E-state index contributed by atoms with van der Waals surface area (Å²) in [6.07, 6.45) is 12.8. The number of aromatic amines is 1. The fourth-order valence-corrected chi connectivity index (χ4v) is 9.34. The number of primary amides is 1. The Balaban J connectivity index is 1.42. The van der Waals surface area contributed by atoms with Gasteiger partial charge in [-0.1, -0.05) is 94.0 Å². The molecule has 11 N–H and O–H groups in total. The van der Waals surface area contributed by atoms with Crippen LogP contribution in [0.25, 0.3) is 10.9 Å². The van der Waals surface area contributed by atoms with E-state index in [1.54, 1.807) is 18.1 Å². The van der Waals surface area contributed by atoms with E-state index in [-0.39, 0.29) is 44.1 Å². The molecule has 2 fully saturated rings. The van der Waals surface area contributed by atoms with Gasteiger partial charge in [-0.3, -0.25) is 33.8 Å². The van der Waals surface area contributed by atoms with E-state index in [9.17, 15) is 28.8 Å². The zero-order valence-corrected chi connectivity index (χ0v) is 37.0. The lowest BCUT2D eigenvalue weighted by atomic mass is 9.67. The third-order valence-electron chi connectivity index (χ3n) is 13.0. The Bertz CT molecular complexity index is 2040. The monoisotopic (exact) mass is 869 g/mol. The van der Waals surface area contributed by atoms with Crippen molar-refractivity contribution in [1.82, 2.24) is 31.2 Å². The third-order valence-corrected chi connectivity index (χ3v) is 13.0.